The molecule has 4 rings (SSSR count). The van der Waals surface area contributed by atoms with E-state index in [0.717, 1.165) is 16.9 Å². The largest absolute Gasteiger partial charge is 0.339 e. The molecule has 1 atom stereocenters. The van der Waals surface area contributed by atoms with Gasteiger partial charge in [0.25, 0.3) is 10.0 Å². The Morgan fingerprint density at radius 2 is 1.59 bits per heavy atom. The van der Waals surface area contributed by atoms with Crippen molar-refractivity contribution in [1.29, 1.82) is 0 Å². The minimum Gasteiger partial charge on any atom is -0.339 e. The quantitative estimate of drug-likeness (QED) is 0.550. The first-order chi connectivity index (χ1) is 15.4. The topological polar surface area (TPSA) is 69.7 Å². The Morgan fingerprint density at radius 1 is 0.938 bits per heavy atom. The van der Waals surface area contributed by atoms with Crippen LogP contribution < -0.4 is 4.72 Å². The highest BCUT2D eigenvalue weighted by Crippen LogP contribution is 2.30. The molecule has 2 aromatic carbocycles. The van der Waals surface area contributed by atoms with Gasteiger partial charge in [0.15, 0.2) is 0 Å². The molecule has 1 aliphatic rings. The van der Waals surface area contributed by atoms with Crippen molar-refractivity contribution in [1.82, 2.24) is 14.5 Å². The van der Waals surface area contributed by atoms with Gasteiger partial charge in [-0.15, -0.1) is 11.3 Å². The number of hydrogen-bond donors (Lipinski definition) is 1. The molecule has 2 heterocycles. The van der Waals surface area contributed by atoms with Crippen LogP contribution in [0.5, 0.6) is 0 Å². The summed E-state index contributed by atoms with van der Waals surface area (Å²) in [5.74, 6) is -0.215. The molecule has 168 valence electrons. The van der Waals surface area contributed by atoms with Crippen molar-refractivity contribution in [2.75, 3.05) is 32.7 Å². The number of halogens is 1. The van der Waals surface area contributed by atoms with Crippen LogP contribution in [0.15, 0.2) is 76.3 Å². The van der Waals surface area contributed by atoms with Gasteiger partial charge >= 0.3 is 0 Å². The lowest BCUT2D eigenvalue weighted by molar-refractivity contribution is -0.131. The maximum Gasteiger partial charge on any atom is 0.250 e. The minimum absolute atomic E-state index is 0.0584. The Morgan fingerprint density at radius 3 is 2.22 bits per heavy atom. The van der Waals surface area contributed by atoms with Gasteiger partial charge in [0, 0.05) is 31.2 Å². The Bertz CT molecular complexity index is 1130. The van der Waals surface area contributed by atoms with Gasteiger partial charge < -0.3 is 4.90 Å². The van der Waals surface area contributed by atoms with E-state index in [0.29, 0.717) is 31.2 Å². The molecule has 3 aromatic rings. The number of thiophene rings is 1. The Balaban J connectivity index is 1.40. The number of sulfonamides is 1. The van der Waals surface area contributed by atoms with Crippen LogP contribution in [-0.2, 0) is 14.8 Å². The van der Waals surface area contributed by atoms with Crippen LogP contribution in [0.3, 0.4) is 0 Å². The van der Waals surface area contributed by atoms with Crippen LogP contribution in [0.2, 0.25) is 5.02 Å². The molecule has 9 heteroatoms. The molecule has 0 bridgehead atoms. The van der Waals surface area contributed by atoms with Gasteiger partial charge in [-0.1, -0.05) is 60.1 Å². The van der Waals surface area contributed by atoms with Gasteiger partial charge in [-0.2, -0.15) is 0 Å². The lowest BCUT2D eigenvalue weighted by Crippen LogP contribution is -2.52. The number of piperazine rings is 1. The zero-order valence-corrected chi connectivity index (χ0v) is 19.7. The Labute approximate surface area is 197 Å². The number of nitrogens with one attached hydrogen (secondary N) is 1. The SMILES string of the molecule is O=C(CNS(=O)(=O)c1cccs1)N1CCN(C(c2ccccc2)c2ccc(Cl)cc2)CC1. The molecule has 1 N–H and O–H groups in total. The fraction of sp³-hybridized carbons (Fsp3) is 0.261. The first-order valence-corrected chi connectivity index (χ1v) is 13.0. The van der Waals surface area contributed by atoms with Crippen molar-refractivity contribution in [2.24, 2.45) is 0 Å². The number of nitrogens with zero attached hydrogens (tertiary/aromatic N) is 2. The van der Waals surface area contributed by atoms with E-state index in [9.17, 15) is 13.2 Å². The molecule has 32 heavy (non-hydrogen) atoms. The Kier molecular flexibility index (Phi) is 7.27. The van der Waals surface area contributed by atoms with Crippen LogP contribution in [0, 0.1) is 0 Å². The number of benzene rings is 2. The van der Waals surface area contributed by atoms with Gasteiger partial charge in [-0.05, 0) is 34.7 Å². The van der Waals surface area contributed by atoms with E-state index < -0.39 is 10.0 Å². The van der Waals surface area contributed by atoms with Gasteiger partial charge in [0.1, 0.15) is 4.21 Å². The number of carbonyl (C=O) groups is 1. The van der Waals surface area contributed by atoms with Crippen LogP contribution in [-0.4, -0.2) is 56.8 Å². The van der Waals surface area contributed by atoms with E-state index >= 15 is 0 Å². The van der Waals surface area contributed by atoms with Crippen LogP contribution >= 0.6 is 22.9 Å². The van der Waals surface area contributed by atoms with E-state index in [2.05, 4.69) is 21.8 Å². The molecule has 0 radical (unpaired) electrons. The van der Waals surface area contributed by atoms with Crippen LogP contribution in [0.1, 0.15) is 17.2 Å². The highest BCUT2D eigenvalue weighted by molar-refractivity contribution is 7.91. The van der Waals surface area contributed by atoms with E-state index in [1.54, 1.807) is 16.3 Å². The lowest BCUT2D eigenvalue weighted by Gasteiger charge is -2.39. The standard InChI is InChI=1S/C23H24ClN3O3S2/c24-20-10-8-19(9-11-20)23(18-5-2-1-3-6-18)27-14-12-26(13-15-27)21(28)17-25-32(29,30)22-7-4-16-31-22/h1-11,16,23,25H,12-15,17H2. The second-order valence-corrected chi connectivity index (χ2v) is 10.9. The summed E-state index contributed by atoms with van der Waals surface area (Å²) < 4.78 is 27.2. The second kappa shape index (κ2) is 10.1. The second-order valence-electron chi connectivity index (χ2n) is 7.54. The number of rotatable bonds is 7. The van der Waals surface area contributed by atoms with E-state index in [-0.39, 0.29) is 22.7 Å². The Hall–Kier alpha value is -2.23. The van der Waals surface area contributed by atoms with Crippen molar-refractivity contribution in [3.05, 3.63) is 88.3 Å². The average molecular weight is 490 g/mol. The zero-order valence-electron chi connectivity index (χ0n) is 17.4. The summed E-state index contributed by atoms with van der Waals surface area (Å²) in [6.45, 7) is 2.21. The summed E-state index contributed by atoms with van der Waals surface area (Å²) in [5, 5.41) is 2.39. The van der Waals surface area contributed by atoms with E-state index in [1.807, 2.05) is 42.5 Å². The predicted molar refractivity (Wildman–Crippen MR) is 127 cm³/mol. The molecule has 1 amide bonds. The third-order valence-electron chi connectivity index (χ3n) is 5.51. The summed E-state index contributed by atoms with van der Waals surface area (Å²) in [4.78, 5) is 16.7. The summed E-state index contributed by atoms with van der Waals surface area (Å²) in [5.41, 5.74) is 2.32. The fourth-order valence-electron chi connectivity index (χ4n) is 3.88. The van der Waals surface area contributed by atoms with E-state index in [4.69, 9.17) is 11.6 Å². The molecule has 6 nitrogen and oxygen atoms in total. The third kappa shape index (κ3) is 5.39. The highest BCUT2D eigenvalue weighted by atomic mass is 35.5. The first kappa shape index (κ1) is 22.9. The molecule has 1 fully saturated rings. The lowest BCUT2D eigenvalue weighted by atomic mass is 9.96. The van der Waals surface area contributed by atoms with E-state index in [1.165, 1.54) is 11.6 Å². The normalized spacial score (nSPS) is 16.1. The van der Waals surface area contributed by atoms with Crippen LogP contribution in [0.25, 0.3) is 0 Å². The molecule has 1 unspecified atom stereocenters. The highest BCUT2D eigenvalue weighted by Gasteiger charge is 2.28. The van der Waals surface area contributed by atoms with Crippen molar-refractivity contribution in [3.8, 4) is 0 Å². The fourth-order valence-corrected chi connectivity index (χ4v) is 6.02. The predicted octanol–water partition coefficient (Wildman–Crippen LogP) is 3.61. The number of carbonyl (C=O) groups excluding carboxylic acids is 1. The number of amides is 1. The summed E-state index contributed by atoms with van der Waals surface area (Å²) in [7, 11) is -3.65. The first-order valence-electron chi connectivity index (χ1n) is 10.3. The third-order valence-corrected chi connectivity index (χ3v) is 8.56. The molecule has 0 aliphatic carbocycles. The summed E-state index contributed by atoms with van der Waals surface area (Å²) >= 11 is 7.22. The van der Waals surface area contributed by atoms with Crippen molar-refractivity contribution in [3.63, 3.8) is 0 Å². The molecular weight excluding hydrogens is 466 g/mol. The van der Waals surface area contributed by atoms with Gasteiger partial charge in [-0.25, -0.2) is 13.1 Å². The van der Waals surface area contributed by atoms with Crippen molar-refractivity contribution >= 4 is 38.9 Å². The molecule has 1 aromatic heterocycles. The van der Waals surface area contributed by atoms with Crippen LogP contribution in [0.4, 0.5) is 0 Å². The number of hydrogen-bond acceptors (Lipinski definition) is 5. The van der Waals surface area contributed by atoms with Gasteiger partial charge in [0.2, 0.25) is 5.91 Å². The maximum atomic E-state index is 12.6. The van der Waals surface area contributed by atoms with Gasteiger partial charge in [-0.3, -0.25) is 9.69 Å². The molecule has 0 spiro atoms. The smallest absolute Gasteiger partial charge is 0.250 e. The van der Waals surface area contributed by atoms with Crippen molar-refractivity contribution < 1.29 is 13.2 Å². The molecule has 1 aliphatic heterocycles. The maximum absolute atomic E-state index is 12.6. The summed E-state index contributed by atoms with van der Waals surface area (Å²) in [6.07, 6.45) is 0. The average Bonchev–Trinajstić information content (AvgIpc) is 3.36. The monoisotopic (exact) mass is 489 g/mol. The van der Waals surface area contributed by atoms with Crippen molar-refractivity contribution in [2.45, 2.75) is 10.3 Å². The minimum atomic E-state index is -3.65. The molecule has 1 saturated heterocycles. The zero-order chi connectivity index (χ0) is 22.6. The molecule has 0 saturated carbocycles. The molecular formula is C23H24ClN3O3S2. The summed E-state index contributed by atoms with van der Waals surface area (Å²) in [6, 6.07) is 21.4. The van der Waals surface area contributed by atoms with Gasteiger partial charge in [0.05, 0.1) is 12.6 Å².